The quantitative estimate of drug-likeness (QED) is 0.0316. The van der Waals surface area contributed by atoms with Crippen LogP contribution in [-0.2, 0) is 77.8 Å². The fraction of sp³-hybridized carbons (Fsp3) is 0.333. The van der Waals surface area contributed by atoms with Crippen molar-refractivity contribution < 1.29 is 77.8 Å². The number of benzene rings is 7. The molecular formula is C63H80O18Si10. The average Bonchev–Trinajstić information content (AvgIpc) is 1.61. The van der Waals surface area contributed by atoms with Gasteiger partial charge in [0.05, 0.1) is 39.6 Å². The van der Waals surface area contributed by atoms with Crippen LogP contribution < -0.4 is 36.3 Å². The number of ether oxygens (including phenoxy) is 6. The normalized spacial score (nSPS) is 30.5. The summed E-state index contributed by atoms with van der Waals surface area (Å²) in [6, 6.07) is 70.4. The van der Waals surface area contributed by atoms with Crippen LogP contribution in [0.4, 0.5) is 0 Å². The first-order chi connectivity index (χ1) is 44.0. The third-order valence-corrected chi connectivity index (χ3v) is 56.9. The molecule has 18 nitrogen and oxygen atoms in total. The molecule has 13 rings (SSSR count). The van der Waals surface area contributed by atoms with Crippen LogP contribution in [0.5, 0.6) is 0 Å². The van der Waals surface area contributed by atoms with Crippen molar-refractivity contribution in [3.63, 3.8) is 0 Å². The molecule has 0 amide bonds. The molecule has 3 unspecified atom stereocenters. The molecule has 7 aromatic rings. The van der Waals surface area contributed by atoms with Crippen LogP contribution in [0.2, 0.25) is 57.4 Å². The molecular weight excluding hydrogens is 1330 g/mol. The van der Waals surface area contributed by atoms with Crippen molar-refractivity contribution in [2.75, 3.05) is 59.5 Å². The minimum absolute atomic E-state index is 0.0661. The summed E-state index contributed by atoms with van der Waals surface area (Å²) in [4.78, 5) is 0. The topological polar surface area (TPSA) is 176 Å². The lowest BCUT2D eigenvalue weighted by Gasteiger charge is -2.59. The molecule has 6 fully saturated rings. The zero-order chi connectivity index (χ0) is 62.7. The number of rotatable bonds is 28. The van der Waals surface area contributed by atoms with E-state index in [0.717, 1.165) is 0 Å². The third-order valence-electron chi connectivity index (χ3n) is 16.2. The molecule has 0 spiro atoms. The molecule has 6 aliphatic rings. The summed E-state index contributed by atoms with van der Waals surface area (Å²) in [6.07, 6.45) is 0.198. The fourth-order valence-electron chi connectivity index (χ4n) is 11.1. The first-order valence-corrected chi connectivity index (χ1v) is 52.8. The van der Waals surface area contributed by atoms with Crippen LogP contribution in [0.15, 0.2) is 212 Å². The molecule has 6 heterocycles. The van der Waals surface area contributed by atoms with Gasteiger partial charge in [0.15, 0.2) is 25.0 Å². The van der Waals surface area contributed by atoms with Gasteiger partial charge in [-0.2, -0.15) is 0 Å². The second-order valence-corrected chi connectivity index (χ2v) is 59.0. The van der Waals surface area contributed by atoms with Gasteiger partial charge in [-0.15, -0.1) is 0 Å². The molecule has 0 N–H and O–H groups in total. The number of hydrogen-bond donors (Lipinski definition) is 0. The van der Waals surface area contributed by atoms with Gasteiger partial charge in [-0.05, 0) is 57.4 Å². The molecule has 6 aliphatic heterocycles. The molecule has 28 heteroatoms. The van der Waals surface area contributed by atoms with E-state index in [1.165, 1.54) is 0 Å². The van der Waals surface area contributed by atoms with Crippen molar-refractivity contribution in [2.45, 2.75) is 75.7 Å². The van der Waals surface area contributed by atoms with Gasteiger partial charge in [-0.3, -0.25) is 0 Å². The maximum Gasteiger partial charge on any atom is 0.515 e. The van der Waals surface area contributed by atoms with Gasteiger partial charge in [0, 0.05) is 56.1 Å². The standard InChI is InChI=1S/C63H80O18Si10/c1-82(2,45-42-64-48-54-51-67-54)70-85(57-28-14-7-15-29-57)73-88(60-34-20-10-21-35-60)75-86(58-30-16-8-17-31-58,71-83(3,4)46-43-65-49-55-52-68-55)77-90(62-38-24-12-25-39-62)78-87(59-32-18-9-19-33-59,72-84(5,6)47-44-66-50-56-53-69-56)76-89(74-85,61-36-22-11-23-37-61)80-91(79-88,81-90)63-40-26-13-27-41-63/h7-41,54-56H,42-53H2,1-6H3. The van der Waals surface area contributed by atoms with Crippen molar-refractivity contribution in [3.05, 3.63) is 212 Å². The molecule has 3 atom stereocenters. The maximum absolute atomic E-state index is 8.62. The van der Waals surface area contributed by atoms with E-state index in [2.05, 4.69) is 39.3 Å². The molecule has 0 aliphatic carbocycles. The Labute approximate surface area is 544 Å². The first-order valence-electron chi connectivity index (χ1n) is 31.3. The molecule has 91 heavy (non-hydrogen) atoms. The smallest absolute Gasteiger partial charge is 0.413 e. The monoisotopic (exact) mass is 1400 g/mol. The average molecular weight is 1410 g/mol. The Morgan fingerprint density at radius 3 is 0.670 bits per heavy atom. The van der Waals surface area contributed by atoms with Gasteiger partial charge in [-0.1, -0.05) is 212 Å². The predicted octanol–water partition coefficient (Wildman–Crippen LogP) is 6.01. The van der Waals surface area contributed by atoms with E-state index in [0.29, 0.717) is 114 Å². The zero-order valence-electron chi connectivity index (χ0n) is 52.3. The number of epoxide rings is 3. The Morgan fingerprint density at radius 1 is 0.286 bits per heavy atom. The zero-order valence-corrected chi connectivity index (χ0v) is 62.3. The van der Waals surface area contributed by atoms with Gasteiger partial charge in [-0.25, -0.2) is 0 Å². The Morgan fingerprint density at radius 2 is 0.473 bits per heavy atom. The van der Waals surface area contributed by atoms with E-state index in [1.54, 1.807) is 0 Å². The Hall–Kier alpha value is -4.01. The lowest BCUT2D eigenvalue weighted by Crippen LogP contribution is -2.92. The lowest BCUT2D eigenvalue weighted by molar-refractivity contribution is 0.0378. The lowest BCUT2D eigenvalue weighted by atomic mass is 10.4. The van der Waals surface area contributed by atoms with Gasteiger partial charge < -0.3 is 77.8 Å². The Kier molecular flexibility index (Phi) is 19.7. The summed E-state index contributed by atoms with van der Waals surface area (Å²) >= 11 is 0. The van der Waals surface area contributed by atoms with Gasteiger partial charge >= 0.3 is 61.6 Å². The number of hydrogen-bond acceptors (Lipinski definition) is 18. The first kappa shape index (κ1) is 65.6. The molecule has 0 radical (unpaired) electrons. The largest absolute Gasteiger partial charge is 0.515 e. The van der Waals surface area contributed by atoms with Crippen LogP contribution in [0.3, 0.4) is 0 Å². The summed E-state index contributed by atoms with van der Waals surface area (Å²) in [7, 11) is -44.4. The van der Waals surface area contributed by atoms with Crippen molar-refractivity contribution in [3.8, 4) is 0 Å². The molecule has 0 saturated carbocycles. The Bertz CT molecular complexity index is 3130. The van der Waals surface area contributed by atoms with Crippen molar-refractivity contribution >= 4 is 123 Å². The third kappa shape index (κ3) is 15.3. The second-order valence-electron chi connectivity index (χ2n) is 25.3. The summed E-state index contributed by atoms with van der Waals surface area (Å²) < 4.78 is 138. The van der Waals surface area contributed by atoms with E-state index < -0.39 is 86.6 Å². The molecule has 7 aromatic carbocycles. The van der Waals surface area contributed by atoms with Crippen LogP contribution >= 0.6 is 0 Å². The van der Waals surface area contributed by atoms with E-state index in [4.69, 9.17) is 77.8 Å². The maximum atomic E-state index is 8.62. The summed E-state index contributed by atoms with van der Waals surface area (Å²) in [5.41, 5.74) is 0. The highest BCUT2D eigenvalue weighted by Gasteiger charge is 2.81. The summed E-state index contributed by atoms with van der Waals surface area (Å²) in [6.45, 7) is 17.5. The number of fused-ring (bicyclic) bond motifs is 3. The van der Waals surface area contributed by atoms with Crippen LogP contribution in [0.1, 0.15) is 0 Å². The molecule has 6 saturated heterocycles. The second kappa shape index (κ2) is 27.2. The van der Waals surface area contributed by atoms with Gasteiger partial charge in [0.25, 0.3) is 0 Å². The predicted molar refractivity (Wildman–Crippen MR) is 364 cm³/mol. The molecule has 4 bridgehead atoms. The minimum atomic E-state index is -5.05. The summed E-state index contributed by atoms with van der Waals surface area (Å²) in [5.74, 6) is 0. The van der Waals surface area contributed by atoms with Crippen LogP contribution in [-0.4, -0.2) is 164 Å². The van der Waals surface area contributed by atoms with Gasteiger partial charge in [0.2, 0.25) is 0 Å². The summed E-state index contributed by atoms with van der Waals surface area (Å²) in [5, 5.41) is 3.99. The van der Waals surface area contributed by atoms with Crippen LogP contribution in [0, 0.1) is 0 Å². The highest BCUT2D eigenvalue weighted by atomic mass is 28.6. The van der Waals surface area contributed by atoms with E-state index in [-0.39, 0.29) is 18.3 Å². The Balaban J connectivity index is 1.15. The molecule has 480 valence electrons. The van der Waals surface area contributed by atoms with Gasteiger partial charge in [0.1, 0.15) is 18.3 Å². The SMILES string of the molecule is C[Si](C)(CCOCC1CO1)O[Si]1(c2ccccc2)O[Si]2(c3ccccc3)O[Si](O[Si](C)(C)CCOCC3CO3)(c3ccccc3)O[Si]3(c4ccccc4)O[Si](O[Si](C)(C)CCOCC4CO4)(c4ccccc4)O[Si](c4ccccc4)(O1)O[Si](c1ccccc1)(O2)O3. The van der Waals surface area contributed by atoms with E-state index in [9.17, 15) is 0 Å². The van der Waals surface area contributed by atoms with Crippen LogP contribution in [0.25, 0.3) is 0 Å². The van der Waals surface area contributed by atoms with E-state index in [1.807, 2.05) is 212 Å². The fourth-order valence-corrected chi connectivity index (χ4v) is 61.2. The minimum Gasteiger partial charge on any atom is -0.413 e. The van der Waals surface area contributed by atoms with Crippen molar-refractivity contribution in [1.82, 2.24) is 0 Å². The van der Waals surface area contributed by atoms with E-state index >= 15 is 0 Å². The molecule has 0 aromatic heterocycles. The highest BCUT2D eigenvalue weighted by Crippen LogP contribution is 2.45. The van der Waals surface area contributed by atoms with Crippen molar-refractivity contribution in [1.29, 1.82) is 0 Å². The highest BCUT2D eigenvalue weighted by molar-refractivity contribution is 7.11. The van der Waals surface area contributed by atoms with Crippen molar-refractivity contribution in [2.24, 2.45) is 0 Å².